The van der Waals surface area contributed by atoms with Gasteiger partial charge in [-0.15, -0.1) is 0 Å². The molecule has 0 aromatic carbocycles. The summed E-state index contributed by atoms with van der Waals surface area (Å²) >= 11 is 0. The van der Waals surface area contributed by atoms with Gasteiger partial charge in [-0.1, -0.05) is 20.8 Å². The van der Waals surface area contributed by atoms with Gasteiger partial charge < -0.3 is 10.4 Å². The van der Waals surface area contributed by atoms with Crippen molar-refractivity contribution < 1.29 is 22.9 Å². The van der Waals surface area contributed by atoms with E-state index in [0.29, 0.717) is 47.8 Å². The SMILES string of the molecule is C[C@H](CCC(=O)NC1(CS(=O)(=O)O)CC1)[C@H]1CC[C@H]2[C@@H]3CC[C@@H]4C[C@H](O)CC[C@]4(C)[C@H]3CC[C@]12C. The number of hydrogen-bond acceptors (Lipinski definition) is 4. The first-order chi connectivity index (χ1) is 16.4. The average Bonchev–Trinajstić information content (AvgIpc) is 3.39. The molecule has 0 aromatic rings. The van der Waals surface area contributed by atoms with E-state index in [9.17, 15) is 22.9 Å². The van der Waals surface area contributed by atoms with Crippen LogP contribution in [0.4, 0.5) is 0 Å². The molecule has 5 fully saturated rings. The van der Waals surface area contributed by atoms with Crippen molar-refractivity contribution in [2.45, 2.75) is 116 Å². The number of aliphatic hydroxyl groups excluding tert-OH is 1. The maximum atomic E-state index is 12.6. The molecular formula is C28H47NO5S. The van der Waals surface area contributed by atoms with Gasteiger partial charge in [-0.3, -0.25) is 9.35 Å². The van der Waals surface area contributed by atoms with E-state index in [0.717, 1.165) is 37.0 Å². The molecular weight excluding hydrogens is 462 g/mol. The van der Waals surface area contributed by atoms with Crippen molar-refractivity contribution >= 4 is 16.0 Å². The van der Waals surface area contributed by atoms with Crippen LogP contribution in [0, 0.1) is 46.3 Å². The summed E-state index contributed by atoms with van der Waals surface area (Å²) in [6.45, 7) is 7.42. The Kier molecular flexibility index (Phi) is 6.66. The van der Waals surface area contributed by atoms with Crippen molar-refractivity contribution in [3.63, 3.8) is 0 Å². The highest BCUT2D eigenvalue weighted by Crippen LogP contribution is 2.68. The summed E-state index contributed by atoms with van der Waals surface area (Å²) < 4.78 is 31.8. The third-order valence-corrected chi connectivity index (χ3v) is 12.9. The predicted molar refractivity (Wildman–Crippen MR) is 136 cm³/mol. The van der Waals surface area contributed by atoms with Crippen LogP contribution in [-0.2, 0) is 14.9 Å². The molecule has 6 nitrogen and oxygen atoms in total. The van der Waals surface area contributed by atoms with E-state index >= 15 is 0 Å². The van der Waals surface area contributed by atoms with E-state index < -0.39 is 15.7 Å². The summed E-state index contributed by atoms with van der Waals surface area (Å²) in [5, 5.41) is 13.2. The molecule has 0 unspecified atom stereocenters. The third-order valence-electron chi connectivity index (χ3n) is 11.9. The van der Waals surface area contributed by atoms with Crippen molar-refractivity contribution in [2.75, 3.05) is 5.75 Å². The second kappa shape index (κ2) is 8.97. The Balaban J connectivity index is 1.19. The average molecular weight is 510 g/mol. The van der Waals surface area contributed by atoms with E-state index in [-0.39, 0.29) is 17.8 Å². The van der Waals surface area contributed by atoms with E-state index in [2.05, 4.69) is 26.1 Å². The van der Waals surface area contributed by atoms with Gasteiger partial charge in [0.2, 0.25) is 5.91 Å². The van der Waals surface area contributed by atoms with Crippen LogP contribution in [0.3, 0.4) is 0 Å². The fourth-order valence-corrected chi connectivity index (χ4v) is 11.0. The lowest BCUT2D eigenvalue weighted by Crippen LogP contribution is -2.54. The molecule has 9 atom stereocenters. The van der Waals surface area contributed by atoms with Crippen LogP contribution in [0.15, 0.2) is 0 Å². The van der Waals surface area contributed by atoms with E-state index in [1.807, 2.05) is 0 Å². The lowest BCUT2D eigenvalue weighted by molar-refractivity contribution is -0.130. The van der Waals surface area contributed by atoms with Gasteiger partial charge in [0, 0.05) is 6.42 Å². The van der Waals surface area contributed by atoms with Crippen LogP contribution >= 0.6 is 0 Å². The molecule has 0 spiro atoms. The van der Waals surface area contributed by atoms with Gasteiger partial charge in [0.05, 0.1) is 17.4 Å². The summed E-state index contributed by atoms with van der Waals surface area (Å²) in [6.07, 6.45) is 13.4. The molecule has 5 rings (SSSR count). The van der Waals surface area contributed by atoms with Crippen molar-refractivity contribution in [2.24, 2.45) is 46.3 Å². The minimum Gasteiger partial charge on any atom is -0.393 e. The minimum atomic E-state index is -4.08. The molecule has 200 valence electrons. The topological polar surface area (TPSA) is 104 Å². The van der Waals surface area contributed by atoms with Gasteiger partial charge in [0.25, 0.3) is 10.1 Å². The molecule has 0 bridgehead atoms. The number of aliphatic hydroxyl groups is 1. The number of rotatable bonds is 7. The third kappa shape index (κ3) is 4.83. The lowest BCUT2D eigenvalue weighted by atomic mass is 9.44. The number of carbonyl (C=O) groups excluding carboxylic acids is 1. The van der Waals surface area contributed by atoms with Crippen molar-refractivity contribution in [1.82, 2.24) is 5.32 Å². The minimum absolute atomic E-state index is 0.0767. The largest absolute Gasteiger partial charge is 0.393 e. The monoisotopic (exact) mass is 509 g/mol. The molecule has 0 heterocycles. The van der Waals surface area contributed by atoms with Crippen LogP contribution in [0.5, 0.6) is 0 Å². The zero-order valence-electron chi connectivity index (χ0n) is 22.0. The zero-order valence-corrected chi connectivity index (χ0v) is 22.8. The normalized spacial score (nSPS) is 45.1. The summed E-state index contributed by atoms with van der Waals surface area (Å²) in [5.41, 5.74) is 0.0318. The number of amides is 1. The first-order valence-corrected chi connectivity index (χ1v) is 15.9. The highest BCUT2D eigenvalue weighted by atomic mass is 32.2. The second-order valence-electron chi connectivity index (χ2n) is 13.9. The molecule has 7 heteroatoms. The predicted octanol–water partition coefficient (Wildman–Crippen LogP) is 4.96. The van der Waals surface area contributed by atoms with Gasteiger partial charge in [0.15, 0.2) is 0 Å². The molecule has 0 aromatic heterocycles. The number of hydrogen-bond donors (Lipinski definition) is 3. The molecule has 5 saturated carbocycles. The van der Waals surface area contributed by atoms with Crippen LogP contribution in [0.2, 0.25) is 0 Å². The molecule has 3 N–H and O–H groups in total. The Hall–Kier alpha value is -0.660. The first kappa shape index (κ1) is 26.0. The van der Waals surface area contributed by atoms with Crippen LogP contribution in [0.25, 0.3) is 0 Å². The van der Waals surface area contributed by atoms with Crippen LogP contribution in [-0.4, -0.2) is 41.4 Å². The maximum absolute atomic E-state index is 12.6. The van der Waals surface area contributed by atoms with Crippen molar-refractivity contribution in [3.05, 3.63) is 0 Å². The fraction of sp³-hybridized carbons (Fsp3) is 0.964. The fourth-order valence-electron chi connectivity index (χ4n) is 9.93. The highest BCUT2D eigenvalue weighted by Gasteiger charge is 2.60. The Labute approximate surface area is 212 Å². The Morgan fingerprint density at radius 3 is 2.34 bits per heavy atom. The van der Waals surface area contributed by atoms with Gasteiger partial charge in [-0.05, 0) is 123 Å². The second-order valence-corrected chi connectivity index (χ2v) is 15.3. The van der Waals surface area contributed by atoms with Gasteiger partial charge >= 0.3 is 0 Å². The van der Waals surface area contributed by atoms with Crippen LogP contribution < -0.4 is 5.32 Å². The molecule has 5 aliphatic carbocycles. The van der Waals surface area contributed by atoms with Crippen molar-refractivity contribution in [3.8, 4) is 0 Å². The highest BCUT2D eigenvalue weighted by molar-refractivity contribution is 7.85. The summed E-state index contributed by atoms with van der Waals surface area (Å²) in [6, 6.07) is 0. The summed E-state index contributed by atoms with van der Waals surface area (Å²) in [5.74, 6) is 3.79. The van der Waals surface area contributed by atoms with E-state index in [1.165, 1.54) is 44.9 Å². The number of fused-ring (bicyclic) bond motifs is 5. The molecule has 5 aliphatic rings. The quantitative estimate of drug-likeness (QED) is 0.421. The summed E-state index contributed by atoms with van der Waals surface area (Å²) in [7, 11) is -4.08. The molecule has 35 heavy (non-hydrogen) atoms. The smallest absolute Gasteiger partial charge is 0.267 e. The molecule has 0 aliphatic heterocycles. The number of carbonyl (C=O) groups is 1. The molecule has 0 radical (unpaired) electrons. The molecule has 0 saturated heterocycles. The van der Waals surface area contributed by atoms with Gasteiger partial charge in [-0.2, -0.15) is 8.42 Å². The zero-order chi connectivity index (χ0) is 25.2. The lowest BCUT2D eigenvalue weighted by Gasteiger charge is -2.61. The summed E-state index contributed by atoms with van der Waals surface area (Å²) in [4.78, 5) is 12.6. The van der Waals surface area contributed by atoms with E-state index in [4.69, 9.17) is 0 Å². The molecule has 1 amide bonds. The van der Waals surface area contributed by atoms with E-state index in [1.54, 1.807) is 0 Å². The Bertz CT molecular complexity index is 932. The Morgan fingerprint density at radius 2 is 1.66 bits per heavy atom. The number of nitrogens with one attached hydrogen (secondary N) is 1. The maximum Gasteiger partial charge on any atom is 0.267 e. The van der Waals surface area contributed by atoms with Gasteiger partial charge in [0.1, 0.15) is 0 Å². The Morgan fingerprint density at radius 1 is 0.971 bits per heavy atom. The standard InChI is InChI=1S/C28H47NO5S/c1-18(4-9-25(31)29-28(14-15-28)17-35(32,33)34)22-7-8-23-21-6-5-19-16-20(30)10-12-26(19,2)24(21)11-13-27(22,23)3/h18-24,30H,4-17H2,1-3H3,(H,29,31)(H,32,33,34)/t18-,19-,20-,21+,22-,23+,24+,26+,27-/m1/s1. The van der Waals surface area contributed by atoms with Crippen LogP contribution in [0.1, 0.15) is 104 Å². The first-order valence-electron chi connectivity index (χ1n) is 14.3. The van der Waals surface area contributed by atoms with Gasteiger partial charge in [-0.25, -0.2) is 0 Å². The van der Waals surface area contributed by atoms with Crippen molar-refractivity contribution in [1.29, 1.82) is 0 Å².